The Bertz CT molecular complexity index is 508. The van der Waals surface area contributed by atoms with E-state index in [1.54, 1.807) is 0 Å². The van der Waals surface area contributed by atoms with E-state index in [0.717, 1.165) is 26.1 Å². The number of rotatable bonds is 6. The van der Waals surface area contributed by atoms with Crippen LogP contribution < -0.4 is 10.6 Å². The molecule has 0 amide bonds. The van der Waals surface area contributed by atoms with Gasteiger partial charge >= 0.3 is 0 Å². The molecule has 0 fully saturated rings. The molecule has 1 aromatic heterocycles. The fraction of sp³-hybridized carbons (Fsp3) is 0.500. The Balaban J connectivity index is 1.73. The zero-order chi connectivity index (χ0) is 13.7. The van der Waals surface area contributed by atoms with Gasteiger partial charge in [0.1, 0.15) is 0 Å². The molecule has 0 aliphatic heterocycles. The summed E-state index contributed by atoms with van der Waals surface area (Å²) in [6.45, 7) is 9.63. The van der Waals surface area contributed by atoms with Crippen molar-refractivity contribution in [2.75, 3.05) is 13.1 Å². The molecule has 0 aliphatic rings. The lowest BCUT2D eigenvalue weighted by molar-refractivity contribution is 0.418. The van der Waals surface area contributed by atoms with Gasteiger partial charge in [-0.1, -0.05) is 18.2 Å². The van der Waals surface area contributed by atoms with E-state index in [0.29, 0.717) is 0 Å². The van der Waals surface area contributed by atoms with Gasteiger partial charge in [0.05, 0.1) is 0 Å². The van der Waals surface area contributed by atoms with Crippen LogP contribution in [0, 0.1) is 0 Å². The van der Waals surface area contributed by atoms with Gasteiger partial charge < -0.3 is 15.6 Å². The summed E-state index contributed by atoms with van der Waals surface area (Å²) in [4.78, 5) is 3.31. The molecule has 0 atom stereocenters. The molecular weight excluding hydrogens is 234 g/mol. The van der Waals surface area contributed by atoms with E-state index >= 15 is 0 Å². The monoisotopic (exact) mass is 259 g/mol. The summed E-state index contributed by atoms with van der Waals surface area (Å²) < 4.78 is 0. The molecule has 1 aromatic carbocycles. The summed E-state index contributed by atoms with van der Waals surface area (Å²) in [6.07, 6.45) is 3.15. The Morgan fingerprint density at radius 2 is 1.95 bits per heavy atom. The first kappa shape index (κ1) is 14.1. The van der Waals surface area contributed by atoms with Gasteiger partial charge in [-0.2, -0.15) is 0 Å². The van der Waals surface area contributed by atoms with E-state index in [4.69, 9.17) is 0 Å². The van der Waals surface area contributed by atoms with Crippen LogP contribution in [0.25, 0.3) is 10.9 Å². The highest BCUT2D eigenvalue weighted by Gasteiger charge is 2.07. The number of H-pyrrole nitrogens is 1. The van der Waals surface area contributed by atoms with Crippen LogP contribution in [0.15, 0.2) is 30.5 Å². The average molecular weight is 259 g/mol. The first-order chi connectivity index (χ1) is 9.06. The molecule has 3 nitrogen and oxygen atoms in total. The normalized spacial score (nSPS) is 12.2. The fourth-order valence-electron chi connectivity index (χ4n) is 2.20. The molecule has 1 heterocycles. The van der Waals surface area contributed by atoms with Gasteiger partial charge in [-0.3, -0.25) is 0 Å². The van der Waals surface area contributed by atoms with Crippen LogP contribution >= 0.6 is 0 Å². The lowest BCUT2D eigenvalue weighted by Crippen LogP contribution is -2.37. The Hall–Kier alpha value is -1.32. The summed E-state index contributed by atoms with van der Waals surface area (Å²) in [7, 11) is 0. The van der Waals surface area contributed by atoms with E-state index < -0.39 is 0 Å². The van der Waals surface area contributed by atoms with Crippen LogP contribution in [0.1, 0.15) is 32.8 Å². The van der Waals surface area contributed by atoms with E-state index in [9.17, 15) is 0 Å². The maximum absolute atomic E-state index is 3.51. The topological polar surface area (TPSA) is 39.8 Å². The highest BCUT2D eigenvalue weighted by molar-refractivity contribution is 5.82. The van der Waals surface area contributed by atoms with Gasteiger partial charge in [-0.15, -0.1) is 0 Å². The van der Waals surface area contributed by atoms with Crippen LogP contribution in [0.2, 0.25) is 0 Å². The number of fused-ring (bicyclic) bond motifs is 1. The number of para-hydroxylation sites is 1. The van der Waals surface area contributed by atoms with Crippen molar-refractivity contribution in [1.82, 2.24) is 15.6 Å². The molecule has 19 heavy (non-hydrogen) atoms. The third-order valence-electron chi connectivity index (χ3n) is 3.17. The predicted molar refractivity (Wildman–Crippen MR) is 82.4 cm³/mol. The number of hydrogen-bond donors (Lipinski definition) is 3. The fourth-order valence-corrected chi connectivity index (χ4v) is 2.20. The number of hydrogen-bond acceptors (Lipinski definition) is 2. The Morgan fingerprint density at radius 3 is 2.74 bits per heavy atom. The molecular formula is C16H25N3. The molecule has 3 heteroatoms. The molecule has 0 aliphatic carbocycles. The first-order valence-corrected chi connectivity index (χ1v) is 7.07. The largest absolute Gasteiger partial charge is 0.361 e. The van der Waals surface area contributed by atoms with E-state index in [1.165, 1.54) is 16.5 Å². The van der Waals surface area contributed by atoms with Gasteiger partial charge in [-0.05, 0) is 57.3 Å². The van der Waals surface area contributed by atoms with Crippen LogP contribution in [0.3, 0.4) is 0 Å². The summed E-state index contributed by atoms with van der Waals surface area (Å²) in [5.74, 6) is 0. The predicted octanol–water partition coefficient (Wildman–Crippen LogP) is 3.04. The highest BCUT2D eigenvalue weighted by atomic mass is 14.9. The summed E-state index contributed by atoms with van der Waals surface area (Å²) >= 11 is 0. The number of benzene rings is 1. The van der Waals surface area contributed by atoms with Crippen molar-refractivity contribution in [3.05, 3.63) is 36.0 Å². The zero-order valence-electron chi connectivity index (χ0n) is 12.2. The lowest BCUT2D eigenvalue weighted by Gasteiger charge is -2.20. The molecule has 104 valence electrons. The standard InChI is InChI=1S/C16H25N3/c1-16(2,3)19-10-5-9-17-12-14-7-4-6-13-8-11-18-15(13)14/h4,6-8,11,17-19H,5,9-10,12H2,1-3H3. The quantitative estimate of drug-likeness (QED) is 0.698. The maximum Gasteiger partial charge on any atom is 0.0499 e. The second-order valence-corrected chi connectivity index (χ2v) is 6.07. The van der Waals surface area contributed by atoms with Crippen LogP contribution in [0.5, 0.6) is 0 Å². The van der Waals surface area contributed by atoms with Gasteiger partial charge in [0, 0.05) is 23.8 Å². The Kier molecular flexibility index (Phi) is 4.61. The molecule has 0 spiro atoms. The minimum absolute atomic E-state index is 0.218. The third kappa shape index (κ3) is 4.37. The number of aromatic nitrogens is 1. The van der Waals surface area contributed by atoms with E-state index in [-0.39, 0.29) is 5.54 Å². The summed E-state index contributed by atoms with van der Waals surface area (Å²) in [5.41, 5.74) is 2.81. The van der Waals surface area contributed by atoms with Gasteiger partial charge in [-0.25, -0.2) is 0 Å². The van der Waals surface area contributed by atoms with Crippen LogP contribution in [-0.2, 0) is 6.54 Å². The van der Waals surface area contributed by atoms with Gasteiger partial charge in [0.25, 0.3) is 0 Å². The highest BCUT2D eigenvalue weighted by Crippen LogP contribution is 2.16. The second-order valence-electron chi connectivity index (χ2n) is 6.07. The molecule has 2 rings (SSSR count). The van der Waals surface area contributed by atoms with Crippen molar-refractivity contribution < 1.29 is 0 Å². The second kappa shape index (κ2) is 6.22. The SMILES string of the molecule is CC(C)(C)NCCCNCc1cccc2cc[nH]c12. The average Bonchev–Trinajstić information content (AvgIpc) is 2.81. The lowest BCUT2D eigenvalue weighted by atomic mass is 10.1. The summed E-state index contributed by atoms with van der Waals surface area (Å²) in [6, 6.07) is 8.56. The molecule has 0 unspecified atom stereocenters. The zero-order valence-corrected chi connectivity index (χ0v) is 12.2. The molecule has 2 aromatic rings. The molecule has 0 saturated heterocycles. The van der Waals surface area contributed by atoms with E-state index in [1.807, 2.05) is 6.20 Å². The molecule has 0 saturated carbocycles. The number of aromatic amines is 1. The van der Waals surface area contributed by atoms with Crippen LogP contribution in [0.4, 0.5) is 0 Å². The minimum Gasteiger partial charge on any atom is -0.361 e. The van der Waals surface area contributed by atoms with Crippen LogP contribution in [-0.4, -0.2) is 23.6 Å². The Labute approximate surface area is 115 Å². The van der Waals surface area contributed by atoms with Crippen molar-refractivity contribution in [2.45, 2.75) is 39.3 Å². The van der Waals surface area contributed by atoms with E-state index in [2.05, 4.69) is 60.7 Å². The van der Waals surface area contributed by atoms with Crippen molar-refractivity contribution in [2.24, 2.45) is 0 Å². The Morgan fingerprint density at radius 1 is 1.11 bits per heavy atom. The number of nitrogens with one attached hydrogen (secondary N) is 3. The summed E-state index contributed by atoms with van der Waals surface area (Å²) in [5, 5.41) is 8.30. The van der Waals surface area contributed by atoms with Crippen molar-refractivity contribution >= 4 is 10.9 Å². The minimum atomic E-state index is 0.218. The van der Waals surface area contributed by atoms with Gasteiger partial charge in [0.2, 0.25) is 0 Å². The first-order valence-electron chi connectivity index (χ1n) is 7.07. The van der Waals surface area contributed by atoms with Crippen molar-refractivity contribution in [1.29, 1.82) is 0 Å². The van der Waals surface area contributed by atoms with Crippen molar-refractivity contribution in [3.8, 4) is 0 Å². The van der Waals surface area contributed by atoms with Crippen molar-refractivity contribution in [3.63, 3.8) is 0 Å². The smallest absolute Gasteiger partial charge is 0.0499 e. The van der Waals surface area contributed by atoms with Gasteiger partial charge in [0.15, 0.2) is 0 Å². The molecule has 3 N–H and O–H groups in total. The maximum atomic E-state index is 3.51. The molecule has 0 radical (unpaired) electrons. The molecule has 0 bridgehead atoms. The third-order valence-corrected chi connectivity index (χ3v) is 3.17.